The van der Waals surface area contributed by atoms with Crippen LogP contribution in [-0.4, -0.2) is 33.6 Å². The summed E-state index contributed by atoms with van der Waals surface area (Å²) in [6.45, 7) is 10.3. The van der Waals surface area contributed by atoms with Crippen LogP contribution in [0.1, 0.15) is 56.0 Å². The molecule has 0 atom stereocenters. The predicted octanol–water partition coefficient (Wildman–Crippen LogP) is 5.83. The summed E-state index contributed by atoms with van der Waals surface area (Å²) < 4.78 is 4.95. The SMILES string of the molecule is Cc1c(Br)c(Br)c2c3c1nc(C1CCN(C(C)C)CC1)n3CCC2.Cl. The van der Waals surface area contributed by atoms with E-state index in [0.717, 1.165) is 13.0 Å². The third kappa shape index (κ3) is 3.19. The van der Waals surface area contributed by atoms with Crippen molar-refractivity contribution >= 4 is 55.3 Å². The van der Waals surface area contributed by atoms with Crippen LogP contribution in [0.3, 0.4) is 0 Å². The van der Waals surface area contributed by atoms with Crippen molar-refractivity contribution in [1.29, 1.82) is 0 Å². The summed E-state index contributed by atoms with van der Waals surface area (Å²) in [7, 11) is 0. The number of benzene rings is 1. The summed E-state index contributed by atoms with van der Waals surface area (Å²) in [5.41, 5.74) is 5.30. The Balaban J connectivity index is 0.00000182. The first-order valence-corrected chi connectivity index (χ1v) is 10.7. The molecule has 0 bridgehead atoms. The van der Waals surface area contributed by atoms with Crippen molar-refractivity contribution in [1.82, 2.24) is 14.5 Å². The molecule has 1 aromatic carbocycles. The van der Waals surface area contributed by atoms with Gasteiger partial charge in [0.25, 0.3) is 0 Å². The van der Waals surface area contributed by atoms with Gasteiger partial charge in [0.2, 0.25) is 0 Å². The van der Waals surface area contributed by atoms with Gasteiger partial charge >= 0.3 is 0 Å². The van der Waals surface area contributed by atoms with E-state index in [9.17, 15) is 0 Å². The van der Waals surface area contributed by atoms with Crippen molar-refractivity contribution in [3.8, 4) is 0 Å². The number of nitrogens with zero attached hydrogens (tertiary/aromatic N) is 3. The maximum Gasteiger partial charge on any atom is 0.113 e. The lowest BCUT2D eigenvalue weighted by Crippen LogP contribution is -2.38. The fourth-order valence-electron chi connectivity index (χ4n) is 4.40. The predicted molar refractivity (Wildman–Crippen MR) is 114 cm³/mol. The second kappa shape index (κ2) is 7.49. The van der Waals surface area contributed by atoms with Crippen LogP contribution < -0.4 is 0 Å². The van der Waals surface area contributed by atoms with Crippen LogP contribution in [0.5, 0.6) is 0 Å². The van der Waals surface area contributed by atoms with E-state index in [1.807, 2.05) is 0 Å². The Bertz CT molecular complexity index is 792. The summed E-state index contributed by atoms with van der Waals surface area (Å²) in [5, 5.41) is 0. The molecule has 0 spiro atoms. The highest BCUT2D eigenvalue weighted by Crippen LogP contribution is 2.42. The van der Waals surface area contributed by atoms with E-state index in [4.69, 9.17) is 4.98 Å². The summed E-state index contributed by atoms with van der Waals surface area (Å²) in [6.07, 6.45) is 4.83. The minimum absolute atomic E-state index is 0. The standard InChI is InChI=1S/C19H25Br2N3.ClH/c1-11(2)23-9-6-13(7-10-23)19-22-17-12(3)15(20)16(21)14-5-4-8-24(19)18(14)17;/h11,13H,4-10H2,1-3H3;1H. The second-order valence-electron chi connectivity index (χ2n) is 7.56. The molecule has 1 saturated heterocycles. The van der Waals surface area contributed by atoms with Gasteiger partial charge in [0.1, 0.15) is 5.82 Å². The normalized spacial score (nSPS) is 18.8. The Morgan fingerprint density at radius 3 is 2.40 bits per heavy atom. The van der Waals surface area contributed by atoms with Crippen molar-refractivity contribution in [3.63, 3.8) is 0 Å². The van der Waals surface area contributed by atoms with Crippen LogP contribution in [0.15, 0.2) is 8.95 Å². The Morgan fingerprint density at radius 1 is 1.08 bits per heavy atom. The van der Waals surface area contributed by atoms with Gasteiger partial charge in [0.15, 0.2) is 0 Å². The average Bonchev–Trinajstić information content (AvgIpc) is 2.98. The lowest BCUT2D eigenvalue weighted by molar-refractivity contribution is 0.168. The molecule has 3 heterocycles. The van der Waals surface area contributed by atoms with Crippen LogP contribution in [0.25, 0.3) is 11.0 Å². The molecule has 0 N–H and O–H groups in total. The number of piperidine rings is 1. The number of rotatable bonds is 2. The molecule has 0 unspecified atom stereocenters. The molecule has 6 heteroatoms. The quantitative estimate of drug-likeness (QED) is 0.527. The number of likely N-dealkylation sites (tertiary alicyclic amines) is 1. The molecular weight excluding hydrogens is 465 g/mol. The number of hydrogen-bond acceptors (Lipinski definition) is 2. The third-order valence-electron chi connectivity index (χ3n) is 5.86. The molecule has 25 heavy (non-hydrogen) atoms. The van der Waals surface area contributed by atoms with Gasteiger partial charge in [0.05, 0.1) is 11.0 Å². The van der Waals surface area contributed by atoms with E-state index < -0.39 is 0 Å². The molecule has 2 aliphatic rings. The highest BCUT2D eigenvalue weighted by molar-refractivity contribution is 9.13. The molecule has 1 fully saturated rings. The lowest BCUT2D eigenvalue weighted by Gasteiger charge is -2.34. The van der Waals surface area contributed by atoms with Crippen molar-refractivity contribution in [2.75, 3.05) is 13.1 Å². The summed E-state index contributed by atoms with van der Waals surface area (Å²) in [6, 6.07) is 0.657. The fourth-order valence-corrected chi connectivity index (χ4v) is 5.51. The van der Waals surface area contributed by atoms with Gasteiger partial charge in [-0.2, -0.15) is 0 Å². The zero-order valence-electron chi connectivity index (χ0n) is 15.1. The van der Waals surface area contributed by atoms with Crippen LogP contribution >= 0.6 is 44.3 Å². The molecule has 138 valence electrons. The Labute approximate surface area is 173 Å². The molecule has 2 aromatic rings. The highest BCUT2D eigenvalue weighted by atomic mass is 79.9. The van der Waals surface area contributed by atoms with E-state index in [1.54, 1.807) is 0 Å². The Kier molecular flexibility index (Phi) is 5.89. The lowest BCUT2D eigenvalue weighted by atomic mass is 9.94. The van der Waals surface area contributed by atoms with Crippen molar-refractivity contribution in [2.24, 2.45) is 0 Å². The van der Waals surface area contributed by atoms with Gasteiger partial charge in [-0.15, -0.1) is 12.4 Å². The van der Waals surface area contributed by atoms with Crippen LogP contribution in [0.4, 0.5) is 0 Å². The van der Waals surface area contributed by atoms with Gasteiger partial charge < -0.3 is 9.47 Å². The number of aromatic nitrogens is 2. The zero-order chi connectivity index (χ0) is 17.0. The molecule has 0 amide bonds. The van der Waals surface area contributed by atoms with E-state index in [0.29, 0.717) is 12.0 Å². The van der Waals surface area contributed by atoms with Crippen molar-refractivity contribution < 1.29 is 0 Å². The number of imidazole rings is 1. The van der Waals surface area contributed by atoms with Gasteiger partial charge in [-0.3, -0.25) is 0 Å². The van der Waals surface area contributed by atoms with E-state index in [-0.39, 0.29) is 12.4 Å². The van der Waals surface area contributed by atoms with Crippen LogP contribution in [0, 0.1) is 6.92 Å². The van der Waals surface area contributed by atoms with Crippen LogP contribution in [0.2, 0.25) is 0 Å². The molecular formula is C19H26Br2ClN3. The average molecular weight is 492 g/mol. The van der Waals surface area contributed by atoms with Gasteiger partial charge in [-0.25, -0.2) is 4.98 Å². The highest BCUT2D eigenvalue weighted by Gasteiger charge is 2.30. The molecule has 4 rings (SSSR count). The van der Waals surface area contributed by atoms with Crippen LogP contribution in [-0.2, 0) is 13.0 Å². The monoisotopic (exact) mass is 489 g/mol. The Hall–Kier alpha value is -0.100. The molecule has 2 aliphatic heterocycles. The van der Waals surface area contributed by atoms with Crippen molar-refractivity contribution in [2.45, 2.75) is 65.0 Å². The maximum absolute atomic E-state index is 5.17. The van der Waals surface area contributed by atoms with Gasteiger partial charge in [0, 0.05) is 27.4 Å². The smallest absolute Gasteiger partial charge is 0.113 e. The largest absolute Gasteiger partial charge is 0.327 e. The minimum Gasteiger partial charge on any atom is -0.327 e. The molecule has 0 radical (unpaired) electrons. The first-order valence-electron chi connectivity index (χ1n) is 9.09. The second-order valence-corrected chi connectivity index (χ2v) is 9.14. The van der Waals surface area contributed by atoms with Gasteiger partial charge in [-0.1, -0.05) is 0 Å². The first-order chi connectivity index (χ1) is 11.5. The Morgan fingerprint density at radius 2 is 1.76 bits per heavy atom. The number of hydrogen-bond donors (Lipinski definition) is 0. The van der Waals surface area contributed by atoms with E-state index in [2.05, 4.69) is 62.1 Å². The summed E-state index contributed by atoms with van der Waals surface area (Å²) in [4.78, 5) is 7.77. The molecule has 3 nitrogen and oxygen atoms in total. The minimum atomic E-state index is 0. The van der Waals surface area contributed by atoms with E-state index in [1.165, 1.54) is 69.3 Å². The summed E-state index contributed by atoms with van der Waals surface area (Å²) >= 11 is 7.58. The summed E-state index contributed by atoms with van der Waals surface area (Å²) in [5.74, 6) is 1.94. The molecule has 1 aromatic heterocycles. The molecule has 0 aliphatic carbocycles. The number of halogens is 3. The first kappa shape index (κ1) is 19.7. The fraction of sp³-hybridized carbons (Fsp3) is 0.632. The van der Waals surface area contributed by atoms with E-state index >= 15 is 0 Å². The topological polar surface area (TPSA) is 21.1 Å². The van der Waals surface area contributed by atoms with Gasteiger partial charge in [-0.05, 0) is 103 Å². The zero-order valence-corrected chi connectivity index (χ0v) is 19.1. The van der Waals surface area contributed by atoms with Crippen molar-refractivity contribution in [3.05, 3.63) is 25.9 Å². The number of aryl methyl sites for hydroxylation is 3. The third-order valence-corrected chi connectivity index (χ3v) is 8.26. The maximum atomic E-state index is 5.17. The molecule has 0 saturated carbocycles.